The van der Waals surface area contributed by atoms with Crippen molar-refractivity contribution in [2.24, 2.45) is 5.92 Å². The van der Waals surface area contributed by atoms with Crippen LogP contribution in [-0.4, -0.2) is 15.6 Å². The van der Waals surface area contributed by atoms with Gasteiger partial charge in [-0.1, -0.05) is 18.2 Å². The SMILES string of the molecule is Cc1cn(-c2ccccc2)c(NC(C)C2CC2)n1. The van der Waals surface area contributed by atoms with Crippen LogP contribution in [0.25, 0.3) is 5.69 Å². The highest BCUT2D eigenvalue weighted by Gasteiger charge is 2.28. The quantitative estimate of drug-likeness (QED) is 0.889. The van der Waals surface area contributed by atoms with E-state index < -0.39 is 0 Å². The van der Waals surface area contributed by atoms with Gasteiger partial charge in [-0.15, -0.1) is 0 Å². The Kier molecular flexibility index (Phi) is 2.82. The third-order valence-corrected chi connectivity index (χ3v) is 3.55. The van der Waals surface area contributed by atoms with Gasteiger partial charge in [-0.2, -0.15) is 0 Å². The van der Waals surface area contributed by atoms with E-state index in [0.29, 0.717) is 6.04 Å². The molecule has 1 heterocycles. The summed E-state index contributed by atoms with van der Waals surface area (Å²) >= 11 is 0. The Morgan fingerprint density at radius 1 is 1.28 bits per heavy atom. The van der Waals surface area contributed by atoms with Crippen LogP contribution in [0.1, 0.15) is 25.5 Å². The molecule has 0 bridgehead atoms. The van der Waals surface area contributed by atoms with Gasteiger partial charge < -0.3 is 5.32 Å². The van der Waals surface area contributed by atoms with Gasteiger partial charge in [0, 0.05) is 17.9 Å². The van der Waals surface area contributed by atoms with Gasteiger partial charge in [0.15, 0.2) is 0 Å². The molecule has 1 aliphatic rings. The zero-order valence-electron chi connectivity index (χ0n) is 10.9. The summed E-state index contributed by atoms with van der Waals surface area (Å²) in [6.45, 7) is 4.28. The molecule has 1 saturated carbocycles. The molecule has 1 N–H and O–H groups in total. The number of rotatable bonds is 4. The smallest absolute Gasteiger partial charge is 0.207 e. The lowest BCUT2D eigenvalue weighted by Crippen LogP contribution is -2.19. The Labute approximate surface area is 108 Å². The van der Waals surface area contributed by atoms with Crippen molar-refractivity contribution < 1.29 is 0 Å². The monoisotopic (exact) mass is 241 g/mol. The Balaban J connectivity index is 1.89. The normalized spacial score (nSPS) is 16.6. The Hall–Kier alpha value is -1.77. The van der Waals surface area contributed by atoms with Gasteiger partial charge in [0.25, 0.3) is 0 Å². The van der Waals surface area contributed by atoms with Crippen molar-refractivity contribution in [3.63, 3.8) is 0 Å². The molecule has 1 unspecified atom stereocenters. The fourth-order valence-electron chi connectivity index (χ4n) is 2.30. The number of para-hydroxylation sites is 1. The second-order valence-electron chi connectivity index (χ2n) is 5.18. The predicted molar refractivity (Wildman–Crippen MR) is 74.1 cm³/mol. The molecule has 1 aromatic heterocycles. The van der Waals surface area contributed by atoms with Crippen molar-refractivity contribution in [1.29, 1.82) is 0 Å². The maximum absolute atomic E-state index is 4.59. The standard InChI is InChI=1S/C15H19N3/c1-11-10-18(14-6-4-3-5-7-14)15(16-11)17-12(2)13-8-9-13/h3-7,10,12-13H,8-9H2,1-2H3,(H,16,17). The molecule has 3 rings (SSSR count). The maximum atomic E-state index is 4.59. The minimum absolute atomic E-state index is 0.509. The number of benzene rings is 1. The van der Waals surface area contributed by atoms with E-state index in [1.165, 1.54) is 12.8 Å². The molecule has 0 spiro atoms. The fourth-order valence-corrected chi connectivity index (χ4v) is 2.30. The van der Waals surface area contributed by atoms with Crippen molar-refractivity contribution >= 4 is 5.95 Å². The lowest BCUT2D eigenvalue weighted by molar-refractivity contribution is 0.684. The minimum Gasteiger partial charge on any atom is -0.353 e. The van der Waals surface area contributed by atoms with Crippen LogP contribution in [-0.2, 0) is 0 Å². The molecule has 1 aromatic carbocycles. The molecule has 3 heteroatoms. The van der Waals surface area contributed by atoms with E-state index in [0.717, 1.165) is 23.2 Å². The topological polar surface area (TPSA) is 29.9 Å². The van der Waals surface area contributed by atoms with Gasteiger partial charge in [-0.25, -0.2) is 4.98 Å². The first-order valence-corrected chi connectivity index (χ1v) is 6.62. The molecule has 1 atom stereocenters. The third-order valence-electron chi connectivity index (χ3n) is 3.55. The molecule has 0 aliphatic heterocycles. The van der Waals surface area contributed by atoms with Gasteiger partial charge in [-0.3, -0.25) is 4.57 Å². The Morgan fingerprint density at radius 3 is 2.67 bits per heavy atom. The third kappa shape index (κ3) is 2.26. The average Bonchev–Trinajstić information content (AvgIpc) is 3.16. The van der Waals surface area contributed by atoms with Crippen LogP contribution >= 0.6 is 0 Å². The molecule has 0 radical (unpaired) electrons. The highest BCUT2D eigenvalue weighted by atomic mass is 15.2. The van der Waals surface area contributed by atoms with Crippen LogP contribution in [0.5, 0.6) is 0 Å². The van der Waals surface area contributed by atoms with Crippen LogP contribution < -0.4 is 5.32 Å². The first kappa shape index (κ1) is 11.3. The molecule has 94 valence electrons. The number of hydrogen-bond donors (Lipinski definition) is 1. The summed E-state index contributed by atoms with van der Waals surface area (Å²) < 4.78 is 2.13. The maximum Gasteiger partial charge on any atom is 0.207 e. The second-order valence-corrected chi connectivity index (χ2v) is 5.18. The highest BCUT2D eigenvalue weighted by Crippen LogP contribution is 2.34. The first-order chi connectivity index (χ1) is 8.74. The van der Waals surface area contributed by atoms with Crippen molar-refractivity contribution in [3.8, 4) is 5.69 Å². The fraction of sp³-hybridized carbons (Fsp3) is 0.400. The van der Waals surface area contributed by atoms with Gasteiger partial charge in [0.1, 0.15) is 0 Å². The Bertz CT molecular complexity index is 526. The van der Waals surface area contributed by atoms with Crippen LogP contribution in [0.15, 0.2) is 36.5 Å². The minimum atomic E-state index is 0.509. The van der Waals surface area contributed by atoms with Gasteiger partial charge >= 0.3 is 0 Å². The molecule has 0 amide bonds. The second kappa shape index (κ2) is 4.48. The van der Waals surface area contributed by atoms with Crippen LogP contribution in [0.4, 0.5) is 5.95 Å². The van der Waals surface area contributed by atoms with Crippen molar-refractivity contribution in [2.75, 3.05) is 5.32 Å². The summed E-state index contributed by atoms with van der Waals surface area (Å²) in [5, 5.41) is 3.54. The molecule has 1 fully saturated rings. The summed E-state index contributed by atoms with van der Waals surface area (Å²) in [6, 6.07) is 10.9. The summed E-state index contributed by atoms with van der Waals surface area (Å²) in [4.78, 5) is 4.59. The van der Waals surface area contributed by atoms with E-state index in [1.54, 1.807) is 0 Å². The number of hydrogen-bond acceptors (Lipinski definition) is 2. The number of imidazole rings is 1. The molecular weight excluding hydrogens is 222 g/mol. The van der Waals surface area contributed by atoms with E-state index in [-0.39, 0.29) is 0 Å². The molecule has 0 saturated heterocycles. The van der Waals surface area contributed by atoms with E-state index in [9.17, 15) is 0 Å². The van der Waals surface area contributed by atoms with Crippen LogP contribution in [0.2, 0.25) is 0 Å². The molecule has 2 aromatic rings. The number of aryl methyl sites for hydroxylation is 1. The molecule has 3 nitrogen and oxygen atoms in total. The zero-order chi connectivity index (χ0) is 12.5. The zero-order valence-corrected chi connectivity index (χ0v) is 10.9. The van der Waals surface area contributed by atoms with E-state index >= 15 is 0 Å². The summed E-state index contributed by atoms with van der Waals surface area (Å²) in [5.74, 6) is 1.78. The van der Waals surface area contributed by atoms with Crippen LogP contribution in [0, 0.1) is 12.8 Å². The van der Waals surface area contributed by atoms with E-state index in [1.807, 2.05) is 13.0 Å². The highest BCUT2D eigenvalue weighted by molar-refractivity contribution is 5.43. The van der Waals surface area contributed by atoms with E-state index in [2.05, 4.69) is 52.3 Å². The average molecular weight is 241 g/mol. The van der Waals surface area contributed by atoms with Crippen LogP contribution in [0.3, 0.4) is 0 Å². The number of nitrogens with zero attached hydrogens (tertiary/aromatic N) is 2. The van der Waals surface area contributed by atoms with Gasteiger partial charge in [0.05, 0.1) is 5.69 Å². The van der Waals surface area contributed by atoms with Gasteiger partial charge in [-0.05, 0) is 44.7 Å². The lowest BCUT2D eigenvalue weighted by Gasteiger charge is -2.15. The number of aromatic nitrogens is 2. The molecule has 18 heavy (non-hydrogen) atoms. The number of nitrogens with one attached hydrogen (secondary N) is 1. The number of anilines is 1. The predicted octanol–water partition coefficient (Wildman–Crippen LogP) is 3.39. The largest absolute Gasteiger partial charge is 0.353 e. The summed E-state index contributed by atoms with van der Waals surface area (Å²) in [6.07, 6.45) is 4.77. The Morgan fingerprint density at radius 2 is 2.00 bits per heavy atom. The van der Waals surface area contributed by atoms with Crippen molar-refractivity contribution in [2.45, 2.75) is 32.7 Å². The summed E-state index contributed by atoms with van der Waals surface area (Å²) in [5.41, 5.74) is 2.20. The van der Waals surface area contributed by atoms with Crippen molar-refractivity contribution in [3.05, 3.63) is 42.2 Å². The van der Waals surface area contributed by atoms with Gasteiger partial charge in [0.2, 0.25) is 5.95 Å². The molecule has 1 aliphatic carbocycles. The first-order valence-electron chi connectivity index (χ1n) is 6.62. The lowest BCUT2D eigenvalue weighted by atomic mass is 10.2. The molecular formula is C15H19N3. The van der Waals surface area contributed by atoms with Crippen molar-refractivity contribution in [1.82, 2.24) is 9.55 Å². The summed E-state index contributed by atoms with van der Waals surface area (Å²) in [7, 11) is 0. The van der Waals surface area contributed by atoms with E-state index in [4.69, 9.17) is 0 Å².